The van der Waals surface area contributed by atoms with E-state index in [1.54, 1.807) is 0 Å². The number of carbonyl (C=O) groups is 3. The van der Waals surface area contributed by atoms with Gasteiger partial charge in [-0.1, -0.05) is 12.8 Å². The van der Waals surface area contributed by atoms with E-state index in [0.29, 0.717) is 76.2 Å². The highest BCUT2D eigenvalue weighted by Crippen LogP contribution is 2.41. The molecule has 10 heteroatoms. The zero-order valence-corrected chi connectivity index (χ0v) is 22.0. The molecule has 0 aromatic heterocycles. The zero-order chi connectivity index (χ0) is 26.1. The maximum atomic E-state index is 12.1. The van der Waals surface area contributed by atoms with Crippen LogP contribution in [0.1, 0.15) is 64.2 Å². The fraction of sp³-hybridized carbons (Fsp3) is 0.893. The average Bonchev–Trinajstić information content (AvgIpc) is 3.76. The normalized spacial score (nSPS) is 41.7. The second-order valence-corrected chi connectivity index (χ2v) is 11.9. The van der Waals surface area contributed by atoms with Crippen LogP contribution in [0.5, 0.6) is 0 Å². The molecule has 7 rings (SSSR count). The zero-order valence-electron chi connectivity index (χ0n) is 22.0. The predicted octanol–water partition coefficient (Wildman–Crippen LogP) is 2.34. The maximum Gasteiger partial charge on any atom is 0.309 e. The second kappa shape index (κ2) is 11.8. The van der Waals surface area contributed by atoms with Gasteiger partial charge in [0.05, 0.1) is 62.0 Å². The summed E-state index contributed by atoms with van der Waals surface area (Å²) in [7, 11) is 0. The van der Waals surface area contributed by atoms with Gasteiger partial charge in [0.15, 0.2) is 0 Å². The lowest BCUT2D eigenvalue weighted by atomic mass is 9.79. The molecule has 10 atom stereocenters. The molecule has 38 heavy (non-hydrogen) atoms. The van der Waals surface area contributed by atoms with Gasteiger partial charge >= 0.3 is 17.9 Å². The maximum absolute atomic E-state index is 12.1. The molecule has 212 valence electrons. The van der Waals surface area contributed by atoms with E-state index in [1.807, 2.05) is 0 Å². The third-order valence-corrected chi connectivity index (χ3v) is 8.91. The largest absolute Gasteiger partial charge is 0.465 e. The van der Waals surface area contributed by atoms with Crippen LogP contribution in [0.15, 0.2) is 0 Å². The van der Waals surface area contributed by atoms with Crippen molar-refractivity contribution in [2.75, 3.05) is 33.0 Å². The SMILES string of the molecule is O=C(OCC1CCC2OC2C1)C1CCC2OC2C1.O=C(OCC1CO1)C1CCCCC1C(=O)OCC1CO1. The quantitative estimate of drug-likeness (QED) is 0.246. The first kappa shape index (κ1) is 26.5. The van der Waals surface area contributed by atoms with Crippen LogP contribution in [0.4, 0.5) is 0 Å². The number of esters is 3. The van der Waals surface area contributed by atoms with Gasteiger partial charge in [-0.05, 0) is 57.3 Å². The third-order valence-electron chi connectivity index (χ3n) is 8.91. The summed E-state index contributed by atoms with van der Waals surface area (Å²) in [5.74, 6) is -0.698. The topological polar surface area (TPSA) is 129 Å². The molecular weight excluding hydrogens is 496 g/mol. The number of hydrogen-bond donors (Lipinski definition) is 0. The average molecular weight is 537 g/mol. The Morgan fingerprint density at radius 1 is 0.579 bits per heavy atom. The van der Waals surface area contributed by atoms with Crippen molar-refractivity contribution in [1.29, 1.82) is 0 Å². The molecule has 4 aliphatic heterocycles. The molecule has 7 aliphatic rings. The number of hydrogen-bond acceptors (Lipinski definition) is 10. The molecule has 0 aromatic rings. The molecule has 0 amide bonds. The molecule has 7 fully saturated rings. The molecule has 4 saturated heterocycles. The molecule has 0 spiro atoms. The lowest BCUT2D eigenvalue weighted by Gasteiger charge is -2.28. The molecule has 10 nitrogen and oxygen atoms in total. The number of carbonyl (C=O) groups excluding carboxylic acids is 3. The van der Waals surface area contributed by atoms with Gasteiger partial charge in [-0.3, -0.25) is 14.4 Å². The van der Waals surface area contributed by atoms with Crippen LogP contribution in [-0.2, 0) is 47.5 Å². The van der Waals surface area contributed by atoms with Crippen LogP contribution >= 0.6 is 0 Å². The van der Waals surface area contributed by atoms with Crippen molar-refractivity contribution < 1.29 is 47.5 Å². The molecule has 0 radical (unpaired) electrons. The Balaban J connectivity index is 0.000000140. The van der Waals surface area contributed by atoms with Gasteiger partial charge in [0.2, 0.25) is 0 Å². The third kappa shape index (κ3) is 7.25. The first-order valence-electron chi connectivity index (χ1n) is 14.6. The number of epoxide rings is 4. The summed E-state index contributed by atoms with van der Waals surface area (Å²) in [4.78, 5) is 36.2. The summed E-state index contributed by atoms with van der Waals surface area (Å²) in [6.07, 6.45) is 11.4. The van der Waals surface area contributed by atoms with Crippen LogP contribution in [0.2, 0.25) is 0 Å². The van der Waals surface area contributed by atoms with Gasteiger partial charge in [-0.25, -0.2) is 0 Å². The molecule has 0 N–H and O–H groups in total. The number of fused-ring (bicyclic) bond motifs is 2. The Bertz CT molecular complexity index is 834. The van der Waals surface area contributed by atoms with E-state index in [9.17, 15) is 14.4 Å². The Hall–Kier alpha value is -1.75. The number of ether oxygens (including phenoxy) is 7. The van der Waals surface area contributed by atoms with Gasteiger partial charge in [-0.2, -0.15) is 0 Å². The van der Waals surface area contributed by atoms with Gasteiger partial charge in [0.1, 0.15) is 25.4 Å². The highest BCUT2D eigenvalue weighted by molar-refractivity contribution is 5.82. The summed E-state index contributed by atoms with van der Waals surface area (Å²) in [5, 5.41) is 0. The molecule has 3 aliphatic carbocycles. The first-order chi connectivity index (χ1) is 18.5. The summed E-state index contributed by atoms with van der Waals surface area (Å²) in [5.41, 5.74) is 0. The van der Waals surface area contributed by atoms with Crippen molar-refractivity contribution in [3.63, 3.8) is 0 Å². The van der Waals surface area contributed by atoms with E-state index in [0.717, 1.165) is 51.4 Å². The minimum Gasteiger partial charge on any atom is -0.465 e. The number of rotatable bonds is 9. The van der Waals surface area contributed by atoms with Crippen LogP contribution in [0, 0.1) is 23.7 Å². The molecular formula is C28H40O10. The lowest BCUT2D eigenvalue weighted by molar-refractivity contribution is -0.163. The van der Waals surface area contributed by atoms with Crippen LogP contribution in [0.3, 0.4) is 0 Å². The van der Waals surface area contributed by atoms with Crippen molar-refractivity contribution in [1.82, 2.24) is 0 Å². The highest BCUT2D eigenvalue weighted by Gasteiger charge is 2.47. The smallest absolute Gasteiger partial charge is 0.309 e. The predicted molar refractivity (Wildman–Crippen MR) is 130 cm³/mol. The van der Waals surface area contributed by atoms with E-state index >= 15 is 0 Å². The van der Waals surface area contributed by atoms with Crippen LogP contribution < -0.4 is 0 Å². The molecule has 0 bridgehead atoms. The highest BCUT2D eigenvalue weighted by atomic mass is 16.6. The lowest BCUT2D eigenvalue weighted by Crippen LogP contribution is -2.35. The summed E-state index contributed by atoms with van der Waals surface area (Å²) in [6.45, 7) is 2.51. The Labute approximate surface area is 223 Å². The fourth-order valence-electron chi connectivity index (χ4n) is 6.16. The van der Waals surface area contributed by atoms with E-state index < -0.39 is 0 Å². The standard InChI is InChI=1S/C14H20O6.C14H20O4/c15-13(19-7-9-5-17-9)11-3-1-2-4-12(11)14(16)20-8-10-6-18-10;15-14(9-2-4-11-13(6-9)18-11)16-7-8-1-3-10-12(5-8)17-10/h9-12H,1-8H2;8-13H,1-7H2. The Morgan fingerprint density at radius 2 is 1.11 bits per heavy atom. The summed E-state index contributed by atoms with van der Waals surface area (Å²) in [6, 6.07) is 0. The van der Waals surface area contributed by atoms with Gasteiger partial charge in [0, 0.05) is 0 Å². The van der Waals surface area contributed by atoms with Crippen molar-refractivity contribution in [2.24, 2.45) is 23.7 Å². The molecule has 3 saturated carbocycles. The molecule has 4 heterocycles. The summed E-state index contributed by atoms with van der Waals surface area (Å²) < 4.78 is 36.9. The molecule has 10 unspecified atom stereocenters. The Morgan fingerprint density at radius 3 is 1.63 bits per heavy atom. The van der Waals surface area contributed by atoms with Gasteiger partial charge in [0.25, 0.3) is 0 Å². The fourth-order valence-corrected chi connectivity index (χ4v) is 6.16. The van der Waals surface area contributed by atoms with E-state index in [2.05, 4.69) is 0 Å². The summed E-state index contributed by atoms with van der Waals surface area (Å²) >= 11 is 0. The monoisotopic (exact) mass is 536 g/mol. The van der Waals surface area contributed by atoms with Crippen molar-refractivity contribution >= 4 is 17.9 Å². The molecule has 0 aromatic carbocycles. The minimum atomic E-state index is -0.366. The van der Waals surface area contributed by atoms with Crippen LogP contribution in [-0.4, -0.2) is 87.6 Å². The van der Waals surface area contributed by atoms with E-state index in [4.69, 9.17) is 33.2 Å². The first-order valence-corrected chi connectivity index (χ1v) is 14.6. The van der Waals surface area contributed by atoms with E-state index in [-0.39, 0.29) is 47.9 Å². The second-order valence-electron chi connectivity index (χ2n) is 11.9. The van der Waals surface area contributed by atoms with Crippen LogP contribution in [0.25, 0.3) is 0 Å². The minimum absolute atomic E-state index is 0.00258. The van der Waals surface area contributed by atoms with Crippen molar-refractivity contribution in [3.05, 3.63) is 0 Å². The van der Waals surface area contributed by atoms with Gasteiger partial charge in [-0.15, -0.1) is 0 Å². The van der Waals surface area contributed by atoms with Crippen molar-refractivity contribution in [3.8, 4) is 0 Å². The van der Waals surface area contributed by atoms with Gasteiger partial charge < -0.3 is 33.2 Å². The van der Waals surface area contributed by atoms with E-state index in [1.165, 1.54) is 0 Å². The van der Waals surface area contributed by atoms with Crippen molar-refractivity contribution in [2.45, 2.75) is 101 Å². The Kier molecular flexibility index (Phi) is 8.21.